The molecule has 108 valence electrons. The van der Waals surface area contributed by atoms with Crippen LogP contribution < -0.4 is 10.2 Å². The normalized spacial score (nSPS) is 13.1. The van der Waals surface area contributed by atoms with Crippen LogP contribution in [0.25, 0.3) is 0 Å². The SMILES string of the molecule is CC(C)NCc1ccnc(N(C)C(C)C(C)C)c1F. The molecule has 0 saturated heterocycles. The Hall–Kier alpha value is -1.16. The number of hydrogen-bond acceptors (Lipinski definition) is 3. The van der Waals surface area contributed by atoms with Crippen molar-refractivity contribution >= 4 is 5.82 Å². The summed E-state index contributed by atoms with van der Waals surface area (Å²) < 4.78 is 14.5. The second-order valence-electron chi connectivity index (χ2n) is 5.74. The van der Waals surface area contributed by atoms with Crippen molar-refractivity contribution in [3.05, 3.63) is 23.6 Å². The lowest BCUT2D eigenvalue weighted by atomic mass is 10.1. The summed E-state index contributed by atoms with van der Waals surface area (Å²) in [5, 5.41) is 3.23. The van der Waals surface area contributed by atoms with Gasteiger partial charge in [0.05, 0.1) is 0 Å². The van der Waals surface area contributed by atoms with Gasteiger partial charge in [-0.15, -0.1) is 0 Å². The molecule has 1 atom stereocenters. The van der Waals surface area contributed by atoms with E-state index in [1.54, 1.807) is 12.3 Å². The monoisotopic (exact) mass is 267 g/mol. The molecule has 1 aromatic heterocycles. The highest BCUT2D eigenvalue weighted by atomic mass is 19.1. The van der Waals surface area contributed by atoms with E-state index >= 15 is 0 Å². The molecule has 1 heterocycles. The lowest BCUT2D eigenvalue weighted by Crippen LogP contribution is -2.34. The van der Waals surface area contributed by atoms with Gasteiger partial charge in [0, 0.05) is 37.4 Å². The van der Waals surface area contributed by atoms with E-state index in [0.717, 1.165) is 0 Å². The molecule has 0 aliphatic carbocycles. The van der Waals surface area contributed by atoms with Crippen LogP contribution in [-0.2, 0) is 6.54 Å². The van der Waals surface area contributed by atoms with Gasteiger partial charge >= 0.3 is 0 Å². The second-order valence-corrected chi connectivity index (χ2v) is 5.74. The van der Waals surface area contributed by atoms with Gasteiger partial charge in [0.1, 0.15) is 0 Å². The standard InChI is InChI=1S/C15H26FN3/c1-10(2)12(5)19(6)15-14(16)13(7-8-17-15)9-18-11(3)4/h7-8,10-12,18H,9H2,1-6H3. The molecule has 0 saturated carbocycles. The topological polar surface area (TPSA) is 28.2 Å². The number of aromatic nitrogens is 1. The Bertz CT molecular complexity index is 404. The van der Waals surface area contributed by atoms with Gasteiger partial charge in [-0.1, -0.05) is 27.7 Å². The van der Waals surface area contributed by atoms with Gasteiger partial charge in [0.2, 0.25) is 0 Å². The Labute approximate surface area is 116 Å². The molecule has 0 aliphatic rings. The molecule has 0 bridgehead atoms. The van der Waals surface area contributed by atoms with Gasteiger partial charge in [0.25, 0.3) is 0 Å². The third-order valence-electron chi connectivity index (χ3n) is 3.56. The quantitative estimate of drug-likeness (QED) is 0.858. The van der Waals surface area contributed by atoms with Crippen molar-refractivity contribution in [2.24, 2.45) is 5.92 Å². The zero-order valence-corrected chi connectivity index (χ0v) is 12.9. The van der Waals surface area contributed by atoms with Crippen LogP contribution >= 0.6 is 0 Å². The zero-order chi connectivity index (χ0) is 14.6. The first-order chi connectivity index (χ1) is 8.84. The Kier molecular flexibility index (Phi) is 5.73. The van der Waals surface area contributed by atoms with Gasteiger partial charge in [-0.05, 0) is 18.9 Å². The molecule has 0 aromatic carbocycles. The van der Waals surface area contributed by atoms with E-state index in [2.05, 4.69) is 31.1 Å². The van der Waals surface area contributed by atoms with Crippen LogP contribution in [-0.4, -0.2) is 24.1 Å². The summed E-state index contributed by atoms with van der Waals surface area (Å²) in [6.45, 7) is 11.0. The van der Waals surface area contributed by atoms with Crippen LogP contribution in [0.15, 0.2) is 12.3 Å². The van der Waals surface area contributed by atoms with Gasteiger partial charge in [-0.3, -0.25) is 0 Å². The smallest absolute Gasteiger partial charge is 0.170 e. The van der Waals surface area contributed by atoms with Crippen molar-refractivity contribution in [2.75, 3.05) is 11.9 Å². The van der Waals surface area contributed by atoms with Crippen LogP contribution in [0.2, 0.25) is 0 Å². The van der Waals surface area contributed by atoms with Crippen LogP contribution in [0, 0.1) is 11.7 Å². The van der Waals surface area contributed by atoms with Crippen molar-refractivity contribution in [1.82, 2.24) is 10.3 Å². The van der Waals surface area contributed by atoms with Gasteiger partial charge in [-0.25, -0.2) is 9.37 Å². The van der Waals surface area contributed by atoms with E-state index in [0.29, 0.717) is 29.9 Å². The first kappa shape index (κ1) is 15.9. The van der Waals surface area contributed by atoms with Crippen molar-refractivity contribution < 1.29 is 4.39 Å². The molecule has 1 unspecified atom stereocenters. The second kappa shape index (κ2) is 6.85. The summed E-state index contributed by atoms with van der Waals surface area (Å²) in [5.74, 6) is 0.665. The molecule has 1 aromatic rings. The van der Waals surface area contributed by atoms with Crippen LogP contribution in [0.1, 0.15) is 40.2 Å². The van der Waals surface area contributed by atoms with Crippen molar-refractivity contribution in [1.29, 1.82) is 0 Å². The third-order valence-corrected chi connectivity index (χ3v) is 3.56. The average Bonchev–Trinajstić information content (AvgIpc) is 2.35. The van der Waals surface area contributed by atoms with Gasteiger partial charge in [0.15, 0.2) is 11.6 Å². The molecule has 1 N–H and O–H groups in total. The number of nitrogens with one attached hydrogen (secondary N) is 1. The minimum Gasteiger partial charge on any atom is -0.354 e. The molecule has 0 amide bonds. The van der Waals surface area contributed by atoms with E-state index in [9.17, 15) is 4.39 Å². The third kappa shape index (κ3) is 4.16. The van der Waals surface area contributed by atoms with Crippen LogP contribution in [0.4, 0.5) is 10.2 Å². The van der Waals surface area contributed by atoms with E-state index in [1.807, 2.05) is 25.8 Å². The van der Waals surface area contributed by atoms with Crippen molar-refractivity contribution in [3.63, 3.8) is 0 Å². The first-order valence-electron chi connectivity index (χ1n) is 6.94. The summed E-state index contributed by atoms with van der Waals surface area (Å²) in [4.78, 5) is 6.11. The van der Waals surface area contributed by atoms with Crippen molar-refractivity contribution in [3.8, 4) is 0 Å². The Morgan fingerprint density at radius 1 is 1.26 bits per heavy atom. The molecule has 3 nitrogen and oxygen atoms in total. The van der Waals surface area contributed by atoms with Crippen LogP contribution in [0.5, 0.6) is 0 Å². The molecular formula is C15H26FN3. The summed E-state index contributed by atoms with van der Waals surface area (Å²) in [5.41, 5.74) is 0.668. The average molecular weight is 267 g/mol. The summed E-state index contributed by atoms with van der Waals surface area (Å²) >= 11 is 0. The first-order valence-corrected chi connectivity index (χ1v) is 6.94. The maximum atomic E-state index is 14.5. The van der Waals surface area contributed by atoms with E-state index < -0.39 is 0 Å². The minimum atomic E-state index is -0.217. The molecule has 4 heteroatoms. The molecule has 0 radical (unpaired) electrons. The summed E-state index contributed by atoms with van der Waals surface area (Å²) in [7, 11) is 1.90. The Morgan fingerprint density at radius 3 is 2.42 bits per heavy atom. The largest absolute Gasteiger partial charge is 0.354 e. The minimum absolute atomic E-state index is 0.217. The molecule has 19 heavy (non-hydrogen) atoms. The highest BCUT2D eigenvalue weighted by Crippen LogP contribution is 2.22. The Morgan fingerprint density at radius 2 is 1.89 bits per heavy atom. The highest BCUT2D eigenvalue weighted by molar-refractivity contribution is 5.43. The maximum absolute atomic E-state index is 14.5. The number of nitrogens with zero attached hydrogens (tertiary/aromatic N) is 2. The van der Waals surface area contributed by atoms with Crippen molar-refractivity contribution in [2.45, 2.75) is 53.2 Å². The van der Waals surface area contributed by atoms with E-state index in [-0.39, 0.29) is 11.9 Å². The van der Waals surface area contributed by atoms with E-state index in [4.69, 9.17) is 0 Å². The molecular weight excluding hydrogens is 241 g/mol. The summed E-state index contributed by atoms with van der Waals surface area (Å²) in [6, 6.07) is 2.32. The fourth-order valence-corrected chi connectivity index (χ4v) is 1.81. The molecule has 0 fully saturated rings. The molecule has 0 aliphatic heterocycles. The number of rotatable bonds is 6. The number of pyridine rings is 1. The fourth-order valence-electron chi connectivity index (χ4n) is 1.81. The Balaban J connectivity index is 2.93. The van der Waals surface area contributed by atoms with Gasteiger partial charge in [-0.2, -0.15) is 0 Å². The summed E-state index contributed by atoms with van der Waals surface area (Å²) in [6.07, 6.45) is 1.68. The van der Waals surface area contributed by atoms with Crippen LogP contribution in [0.3, 0.4) is 0 Å². The predicted octanol–water partition coefficient (Wildman–Crippen LogP) is 3.20. The zero-order valence-electron chi connectivity index (χ0n) is 12.9. The lowest BCUT2D eigenvalue weighted by molar-refractivity contribution is 0.489. The molecule has 0 spiro atoms. The predicted molar refractivity (Wildman–Crippen MR) is 78.9 cm³/mol. The fraction of sp³-hybridized carbons (Fsp3) is 0.667. The molecule has 1 rings (SSSR count). The highest BCUT2D eigenvalue weighted by Gasteiger charge is 2.19. The lowest BCUT2D eigenvalue weighted by Gasteiger charge is -2.29. The van der Waals surface area contributed by atoms with E-state index in [1.165, 1.54) is 0 Å². The van der Waals surface area contributed by atoms with Gasteiger partial charge < -0.3 is 10.2 Å². The number of anilines is 1. The number of hydrogen-bond donors (Lipinski definition) is 1. The maximum Gasteiger partial charge on any atom is 0.170 e. The number of halogens is 1.